The Balaban J connectivity index is 1.86. The van der Waals surface area contributed by atoms with Crippen LogP contribution in [0.5, 0.6) is 0 Å². The van der Waals surface area contributed by atoms with Crippen LogP contribution in [0.4, 0.5) is 5.69 Å². The van der Waals surface area contributed by atoms with E-state index in [2.05, 4.69) is 29.6 Å². The average molecular weight is 289 g/mol. The molecule has 4 nitrogen and oxygen atoms in total. The molecule has 1 aromatic carbocycles. The number of carbonyl (C=O) groups is 1. The van der Waals surface area contributed by atoms with Crippen LogP contribution < -0.4 is 10.2 Å². The lowest BCUT2D eigenvalue weighted by molar-refractivity contribution is -0.129. The SMILES string of the molecule is CCN(CC)C(=O)CN(C)c1ccc(CNC2CC2)cc1. The highest BCUT2D eigenvalue weighted by Gasteiger charge is 2.19. The molecule has 1 saturated carbocycles. The third-order valence-corrected chi connectivity index (χ3v) is 4.04. The van der Waals surface area contributed by atoms with Gasteiger partial charge in [0.2, 0.25) is 5.91 Å². The molecule has 0 saturated heterocycles. The van der Waals surface area contributed by atoms with Gasteiger partial charge >= 0.3 is 0 Å². The van der Waals surface area contributed by atoms with E-state index < -0.39 is 0 Å². The molecule has 1 aliphatic rings. The smallest absolute Gasteiger partial charge is 0.242 e. The lowest BCUT2D eigenvalue weighted by Gasteiger charge is -2.24. The Morgan fingerprint density at radius 1 is 1.19 bits per heavy atom. The number of carbonyl (C=O) groups excluding carboxylic acids is 1. The summed E-state index contributed by atoms with van der Waals surface area (Å²) < 4.78 is 0. The largest absolute Gasteiger partial charge is 0.365 e. The van der Waals surface area contributed by atoms with Crippen molar-refractivity contribution < 1.29 is 4.79 Å². The lowest BCUT2D eigenvalue weighted by atomic mass is 10.2. The first-order valence-electron chi connectivity index (χ1n) is 7.95. The summed E-state index contributed by atoms with van der Waals surface area (Å²) in [6.45, 7) is 6.95. The van der Waals surface area contributed by atoms with E-state index in [0.717, 1.165) is 31.4 Å². The van der Waals surface area contributed by atoms with Crippen molar-refractivity contribution in [2.75, 3.05) is 31.6 Å². The monoisotopic (exact) mass is 289 g/mol. The Hall–Kier alpha value is -1.55. The van der Waals surface area contributed by atoms with E-state index in [1.165, 1.54) is 18.4 Å². The number of nitrogens with one attached hydrogen (secondary N) is 1. The number of benzene rings is 1. The first-order valence-corrected chi connectivity index (χ1v) is 7.95. The summed E-state index contributed by atoms with van der Waals surface area (Å²) in [5, 5.41) is 3.51. The highest BCUT2D eigenvalue weighted by Crippen LogP contribution is 2.20. The van der Waals surface area contributed by atoms with Gasteiger partial charge in [0.1, 0.15) is 0 Å². The van der Waals surface area contributed by atoms with Crippen LogP contribution in [0.1, 0.15) is 32.3 Å². The highest BCUT2D eigenvalue weighted by atomic mass is 16.2. The van der Waals surface area contributed by atoms with Crippen LogP contribution in [0, 0.1) is 0 Å². The predicted molar refractivity (Wildman–Crippen MR) is 87.5 cm³/mol. The molecule has 4 heteroatoms. The predicted octanol–water partition coefficient (Wildman–Crippen LogP) is 2.24. The first-order chi connectivity index (χ1) is 10.1. The molecule has 1 fully saturated rings. The van der Waals surface area contributed by atoms with E-state index in [4.69, 9.17) is 0 Å². The molecule has 21 heavy (non-hydrogen) atoms. The molecule has 0 atom stereocenters. The number of hydrogen-bond acceptors (Lipinski definition) is 3. The molecule has 0 aromatic heterocycles. The fourth-order valence-electron chi connectivity index (χ4n) is 2.39. The first kappa shape index (κ1) is 15.8. The maximum Gasteiger partial charge on any atom is 0.242 e. The second-order valence-electron chi connectivity index (χ2n) is 5.74. The minimum atomic E-state index is 0.182. The van der Waals surface area contributed by atoms with Crippen LogP contribution in [0.15, 0.2) is 24.3 Å². The maximum absolute atomic E-state index is 12.1. The van der Waals surface area contributed by atoms with E-state index in [-0.39, 0.29) is 5.91 Å². The highest BCUT2D eigenvalue weighted by molar-refractivity contribution is 5.81. The summed E-state index contributed by atoms with van der Waals surface area (Å²) in [6, 6.07) is 9.21. The quantitative estimate of drug-likeness (QED) is 0.797. The van der Waals surface area contributed by atoms with Crippen LogP contribution in [0.3, 0.4) is 0 Å². The zero-order valence-corrected chi connectivity index (χ0v) is 13.4. The maximum atomic E-state index is 12.1. The molecule has 2 rings (SSSR count). The van der Waals surface area contributed by atoms with Crippen molar-refractivity contribution >= 4 is 11.6 Å². The summed E-state index contributed by atoms with van der Waals surface area (Å²) in [7, 11) is 1.97. The van der Waals surface area contributed by atoms with Gasteiger partial charge in [-0.2, -0.15) is 0 Å². The summed E-state index contributed by atoms with van der Waals surface area (Å²) >= 11 is 0. The number of amides is 1. The molecular formula is C17H27N3O. The normalized spacial score (nSPS) is 14.0. The van der Waals surface area contributed by atoms with Gasteiger partial charge < -0.3 is 15.1 Å². The molecule has 0 unspecified atom stereocenters. The van der Waals surface area contributed by atoms with Gasteiger partial charge in [0.05, 0.1) is 6.54 Å². The van der Waals surface area contributed by atoms with Crippen molar-refractivity contribution in [2.45, 2.75) is 39.3 Å². The Morgan fingerprint density at radius 3 is 2.33 bits per heavy atom. The van der Waals surface area contributed by atoms with Gasteiger partial charge in [-0.1, -0.05) is 12.1 Å². The summed E-state index contributed by atoms with van der Waals surface area (Å²) in [5.74, 6) is 0.182. The minimum Gasteiger partial charge on any atom is -0.365 e. The Kier molecular flexibility index (Phi) is 5.62. The van der Waals surface area contributed by atoms with Gasteiger partial charge in [0.15, 0.2) is 0 Å². The zero-order chi connectivity index (χ0) is 15.2. The Labute approximate surface area is 128 Å². The van der Waals surface area contributed by atoms with Crippen LogP contribution in [-0.4, -0.2) is 43.5 Å². The second kappa shape index (κ2) is 7.46. The third-order valence-electron chi connectivity index (χ3n) is 4.04. The molecule has 116 valence electrons. The number of anilines is 1. The van der Waals surface area contributed by atoms with E-state index in [9.17, 15) is 4.79 Å². The fourth-order valence-corrected chi connectivity index (χ4v) is 2.39. The fraction of sp³-hybridized carbons (Fsp3) is 0.588. The molecule has 0 bridgehead atoms. The van der Waals surface area contributed by atoms with Crippen LogP contribution >= 0.6 is 0 Å². The molecule has 0 radical (unpaired) electrons. The molecule has 0 aliphatic heterocycles. The van der Waals surface area contributed by atoms with Gasteiger partial charge in [-0.3, -0.25) is 4.79 Å². The molecular weight excluding hydrogens is 262 g/mol. The Bertz CT molecular complexity index is 450. The van der Waals surface area contributed by atoms with Crippen molar-refractivity contribution in [1.82, 2.24) is 10.2 Å². The second-order valence-corrected chi connectivity index (χ2v) is 5.74. The molecule has 0 spiro atoms. The summed E-state index contributed by atoms with van der Waals surface area (Å²) in [5.41, 5.74) is 2.39. The van der Waals surface area contributed by atoms with Crippen molar-refractivity contribution in [2.24, 2.45) is 0 Å². The standard InChI is InChI=1S/C17H27N3O/c1-4-20(5-2)17(21)13-19(3)16-10-6-14(7-11-16)12-18-15-8-9-15/h6-7,10-11,15,18H,4-5,8-9,12-13H2,1-3H3. The molecule has 1 aromatic rings. The minimum absolute atomic E-state index is 0.182. The van der Waals surface area contributed by atoms with Crippen molar-refractivity contribution in [3.05, 3.63) is 29.8 Å². The molecule has 1 N–H and O–H groups in total. The number of hydrogen-bond donors (Lipinski definition) is 1. The molecule has 1 aliphatic carbocycles. The number of likely N-dealkylation sites (N-methyl/N-ethyl adjacent to an activating group) is 2. The van der Waals surface area contributed by atoms with Gasteiger partial charge in [-0.15, -0.1) is 0 Å². The Morgan fingerprint density at radius 2 is 1.81 bits per heavy atom. The van der Waals surface area contributed by atoms with E-state index in [1.807, 2.05) is 30.7 Å². The summed E-state index contributed by atoms with van der Waals surface area (Å²) in [4.78, 5) is 16.0. The van der Waals surface area contributed by atoms with Gasteiger partial charge in [-0.25, -0.2) is 0 Å². The van der Waals surface area contributed by atoms with E-state index in [0.29, 0.717) is 6.54 Å². The topological polar surface area (TPSA) is 35.6 Å². The van der Waals surface area contributed by atoms with Crippen LogP contribution in [0.2, 0.25) is 0 Å². The van der Waals surface area contributed by atoms with Crippen molar-refractivity contribution in [3.8, 4) is 0 Å². The van der Waals surface area contributed by atoms with Gasteiger partial charge in [0, 0.05) is 38.4 Å². The molecule has 0 heterocycles. The van der Waals surface area contributed by atoms with E-state index in [1.54, 1.807) is 0 Å². The lowest BCUT2D eigenvalue weighted by Crippen LogP contribution is -2.38. The van der Waals surface area contributed by atoms with Gasteiger partial charge in [0.25, 0.3) is 0 Å². The van der Waals surface area contributed by atoms with Gasteiger partial charge in [-0.05, 0) is 44.4 Å². The zero-order valence-electron chi connectivity index (χ0n) is 13.4. The van der Waals surface area contributed by atoms with Crippen LogP contribution in [-0.2, 0) is 11.3 Å². The van der Waals surface area contributed by atoms with Crippen molar-refractivity contribution in [1.29, 1.82) is 0 Å². The third kappa shape index (κ3) is 4.74. The molecule has 1 amide bonds. The average Bonchev–Trinajstić information content (AvgIpc) is 3.31. The van der Waals surface area contributed by atoms with E-state index >= 15 is 0 Å². The number of nitrogens with zero attached hydrogens (tertiary/aromatic N) is 2. The van der Waals surface area contributed by atoms with Crippen molar-refractivity contribution in [3.63, 3.8) is 0 Å². The number of rotatable bonds is 8. The van der Waals surface area contributed by atoms with Crippen LogP contribution in [0.25, 0.3) is 0 Å². The summed E-state index contributed by atoms with van der Waals surface area (Å²) in [6.07, 6.45) is 2.63.